The fourth-order valence-corrected chi connectivity index (χ4v) is 15.4. The molecule has 28 nitrogen and oxygen atoms in total. The number of thioether (sulfide) groups is 3. The Bertz CT molecular complexity index is 3320. The molecule has 0 radical (unpaired) electrons. The molecule has 4 heterocycles. The van der Waals surface area contributed by atoms with Crippen LogP contribution in [0.2, 0.25) is 0 Å². The van der Waals surface area contributed by atoms with E-state index in [0.29, 0.717) is 150 Å². The van der Waals surface area contributed by atoms with Gasteiger partial charge in [-0.15, -0.1) is 0 Å². The Hall–Kier alpha value is -7.52. The third-order valence-electron chi connectivity index (χ3n) is 18.1. The number of aliphatic hydroxyl groups excluding tert-OH is 1. The van der Waals surface area contributed by atoms with E-state index >= 15 is 0 Å². The summed E-state index contributed by atoms with van der Waals surface area (Å²) < 4.78 is 16.7. The zero-order valence-electron chi connectivity index (χ0n) is 60.5. The number of primary amides is 1. The summed E-state index contributed by atoms with van der Waals surface area (Å²) in [6.45, 7) is 6.95. The quantitative estimate of drug-likeness (QED) is 0.0211. The predicted molar refractivity (Wildman–Crippen MR) is 401 cm³/mol. The van der Waals surface area contributed by atoms with Crippen molar-refractivity contribution in [1.29, 1.82) is 0 Å². The summed E-state index contributed by atoms with van der Waals surface area (Å²) in [5.74, 6) is -0.745. The minimum absolute atomic E-state index is 0.00582. The second-order valence-electron chi connectivity index (χ2n) is 26.6. The van der Waals surface area contributed by atoms with Crippen molar-refractivity contribution in [3.63, 3.8) is 0 Å². The molecule has 12 N–H and O–H groups in total. The van der Waals surface area contributed by atoms with Crippen molar-refractivity contribution in [3.05, 3.63) is 94.7 Å². The molecule has 2 bridgehead atoms. The van der Waals surface area contributed by atoms with E-state index in [1.165, 1.54) is 41.5 Å². The number of Topliss-reactive ketones (excluding diaryl/α,β-unsaturated/α-hetero) is 3. The number of hydrogen-bond donors (Lipinski definition) is 10. The second kappa shape index (κ2) is 47.9. The first-order chi connectivity index (χ1) is 50.6. The molecule has 2 saturated heterocycles. The monoisotopic (exact) mass is 1520 g/mol. The number of nitrogens with two attached hydrogens (primary N) is 2. The van der Waals surface area contributed by atoms with Gasteiger partial charge in [-0.3, -0.25) is 57.5 Å². The fourth-order valence-electron chi connectivity index (χ4n) is 12.4. The number of ketones is 3. The normalized spacial score (nSPS) is 20.7. The van der Waals surface area contributed by atoms with Crippen LogP contribution in [-0.4, -0.2) is 215 Å². The van der Waals surface area contributed by atoms with Gasteiger partial charge in [0.1, 0.15) is 41.6 Å². The van der Waals surface area contributed by atoms with Crippen LogP contribution in [0, 0.1) is 11.8 Å². The number of aliphatic carboxylic acids is 1. The average Bonchev–Trinajstić information content (AvgIpc) is 1.68. The fraction of sp³-hybridized carbons (Fsp3) is 0.608. The van der Waals surface area contributed by atoms with Crippen LogP contribution in [0.4, 0.5) is 5.82 Å². The molecule has 3 aliphatic heterocycles. The first-order valence-corrected chi connectivity index (χ1v) is 40.0. The van der Waals surface area contributed by atoms with Crippen molar-refractivity contribution in [3.8, 4) is 0 Å². The number of fused-ring (bicyclic) bond motifs is 4. The lowest BCUT2D eigenvalue weighted by molar-refractivity contribution is -0.148. The van der Waals surface area contributed by atoms with Crippen LogP contribution in [0.25, 0.3) is 0 Å². The number of rotatable bonds is 38. The molecule has 0 saturated carbocycles. The summed E-state index contributed by atoms with van der Waals surface area (Å²) in [4.78, 5) is 171. The third-order valence-corrected chi connectivity index (χ3v) is 21.6. The smallest absolute Gasteiger partial charge is 0.307 e. The maximum Gasteiger partial charge on any atom is 0.307 e. The predicted octanol–water partition coefficient (Wildman–Crippen LogP) is 4.73. The van der Waals surface area contributed by atoms with Gasteiger partial charge in [0.15, 0.2) is 5.78 Å². The number of aromatic nitrogens is 1. The highest BCUT2D eigenvalue weighted by molar-refractivity contribution is 7.99. The molecule has 3 aliphatic rings. The molecule has 0 spiro atoms. The van der Waals surface area contributed by atoms with E-state index in [1.807, 2.05) is 19.1 Å². The number of nitrogen functional groups attached to an aromatic ring is 1. The standard InChI is InChI=1S/C74H107N11O17S3/c1-3-4-6-16-58(88)41-55-47-104-45-52-37-51(44-103-36-11-17-57(87)21-25-66(91)77-26-12-30-100-32-34-102-35-33-101-31-13-27-78-68(92)54-20-24-65(83-76)79-43-54)38-53(39-52)46-105-48-56(74(98)99)42-63(89)60(40-50-14-7-5-8-15-50)81-69(93)59(22-23-64(75)90)80-71(95)67(49(2)86)82-70(94)61-18-9-28-84(61)73(97)62-19-10-29-85(62)72(55)96/h5,7-8,14-15,20,24,37-39,43,49,55-56,59-62,67,86H,3-4,6,9-13,16-19,21-23,25-36,40-42,44-48,76H2,1-2H3,(H2,75,90)(H,77,91)(H,78,92)(H,79,83)(H,80,95)(H,81,93)(H,82,94)(H,98,99)/t49-,55+,56+,59+,60+,61+,62+,67+/m1/s1. The molecule has 1 aromatic heterocycles. The van der Waals surface area contributed by atoms with Crippen molar-refractivity contribution in [2.75, 3.05) is 88.5 Å². The molecule has 578 valence electrons. The van der Waals surface area contributed by atoms with Crippen LogP contribution in [0.5, 0.6) is 0 Å². The van der Waals surface area contributed by atoms with E-state index in [1.54, 1.807) is 59.1 Å². The Labute approximate surface area is 627 Å². The highest BCUT2D eigenvalue weighted by Gasteiger charge is 2.45. The van der Waals surface area contributed by atoms with Gasteiger partial charge in [0.25, 0.3) is 5.91 Å². The van der Waals surface area contributed by atoms with E-state index in [4.69, 9.17) is 25.8 Å². The van der Waals surface area contributed by atoms with E-state index in [0.717, 1.165) is 29.5 Å². The molecular formula is C74H107N11O17S3. The largest absolute Gasteiger partial charge is 0.481 e. The van der Waals surface area contributed by atoms with Gasteiger partial charge >= 0.3 is 5.97 Å². The maximum atomic E-state index is 14.9. The number of hydrazine groups is 1. The van der Waals surface area contributed by atoms with Crippen LogP contribution in [0.15, 0.2) is 66.9 Å². The number of carbonyl (C=O) groups is 12. The second-order valence-corrected chi connectivity index (χ2v) is 29.8. The number of carboxylic acids is 1. The van der Waals surface area contributed by atoms with Crippen molar-refractivity contribution in [1.82, 2.24) is 41.4 Å². The average molecular weight is 1520 g/mol. The minimum atomic E-state index is -1.68. The molecule has 8 amide bonds. The Kier molecular flexibility index (Phi) is 39.4. The number of nitrogens with zero attached hydrogens (tertiary/aromatic N) is 3. The zero-order valence-corrected chi connectivity index (χ0v) is 62.9. The number of anilines is 1. The zero-order chi connectivity index (χ0) is 75.9. The number of ether oxygens (including phenoxy) is 3. The summed E-state index contributed by atoms with van der Waals surface area (Å²) in [5.41, 5.74) is 11.7. The van der Waals surface area contributed by atoms with E-state index in [-0.39, 0.29) is 92.4 Å². The Morgan fingerprint density at radius 2 is 1.32 bits per heavy atom. The number of hydrogen-bond acceptors (Lipinski definition) is 22. The van der Waals surface area contributed by atoms with E-state index < -0.39 is 102 Å². The van der Waals surface area contributed by atoms with Crippen molar-refractivity contribution < 1.29 is 82.0 Å². The number of carboxylic acid groups (broad SMARTS) is 1. The van der Waals surface area contributed by atoms with Crippen molar-refractivity contribution >= 4 is 112 Å². The molecule has 3 aromatic rings. The Morgan fingerprint density at radius 3 is 1.96 bits per heavy atom. The Balaban J connectivity index is 1.07. The van der Waals surface area contributed by atoms with Gasteiger partial charge in [0.05, 0.1) is 56.0 Å². The lowest BCUT2D eigenvalue weighted by Crippen LogP contribution is -2.61. The molecular weight excluding hydrogens is 1410 g/mol. The number of benzene rings is 2. The molecule has 2 fully saturated rings. The molecule has 105 heavy (non-hydrogen) atoms. The first kappa shape index (κ1) is 86.4. The Morgan fingerprint density at radius 1 is 0.686 bits per heavy atom. The number of aliphatic hydroxyl groups is 1. The number of pyridine rings is 1. The maximum absolute atomic E-state index is 14.9. The van der Waals surface area contributed by atoms with Gasteiger partial charge < -0.3 is 72.0 Å². The highest BCUT2D eigenvalue weighted by atomic mass is 32.2. The first-order valence-electron chi connectivity index (χ1n) is 36.5. The summed E-state index contributed by atoms with van der Waals surface area (Å²) in [7, 11) is 0. The van der Waals surface area contributed by atoms with Gasteiger partial charge in [-0.25, -0.2) is 10.8 Å². The van der Waals surface area contributed by atoms with Gasteiger partial charge in [-0.1, -0.05) is 68.3 Å². The molecule has 0 unspecified atom stereocenters. The van der Waals surface area contributed by atoms with E-state index in [2.05, 4.69) is 43.1 Å². The lowest BCUT2D eigenvalue weighted by atomic mass is 9.95. The van der Waals surface area contributed by atoms with Crippen molar-refractivity contribution in [2.24, 2.45) is 23.4 Å². The van der Waals surface area contributed by atoms with Gasteiger partial charge in [-0.05, 0) is 111 Å². The van der Waals surface area contributed by atoms with Gasteiger partial charge in [0, 0.05) is 119 Å². The van der Waals surface area contributed by atoms with E-state index in [9.17, 15) is 67.7 Å². The highest BCUT2D eigenvalue weighted by Crippen LogP contribution is 2.31. The minimum Gasteiger partial charge on any atom is -0.481 e. The molecule has 0 aliphatic carbocycles. The van der Waals surface area contributed by atoms with Gasteiger partial charge in [0.2, 0.25) is 41.4 Å². The molecule has 6 rings (SSSR count). The van der Waals surface area contributed by atoms with Gasteiger partial charge in [-0.2, -0.15) is 35.3 Å². The third kappa shape index (κ3) is 31.5. The summed E-state index contributed by atoms with van der Waals surface area (Å²) >= 11 is 4.42. The summed E-state index contributed by atoms with van der Waals surface area (Å²) in [5, 5.41) is 35.1. The number of carbonyl (C=O) groups excluding carboxylic acids is 11. The van der Waals surface area contributed by atoms with Crippen LogP contribution in [-0.2, 0) is 90.6 Å². The van der Waals surface area contributed by atoms with Crippen LogP contribution in [0.3, 0.4) is 0 Å². The van der Waals surface area contributed by atoms with Crippen molar-refractivity contribution in [2.45, 2.75) is 189 Å². The molecule has 2 aromatic carbocycles. The number of nitrogens with one attached hydrogen (secondary N) is 6. The van der Waals surface area contributed by atoms with Crippen LogP contribution >= 0.6 is 35.3 Å². The SMILES string of the molecule is CCCCCC(=O)C[C@H]1CSCc2cc(CSCCCC(=O)CCC(=O)NCCCOCCOCCOCCCNC(=O)c3ccc(NN)nc3)cc(c2)CSC[C@@H](C(=O)O)CC(=O)[C@H](Cc2ccccc2)NC(=O)[C@H](CCC(N)=O)NC(=O)[C@H]([C@@H](C)O)NC(=O)[C@@H]2CCCN2C(=O)[C@@H]2CCCN2C1=O. The van der Waals surface area contributed by atoms with Crippen LogP contribution < -0.4 is 43.6 Å². The molecule has 8 atom stereocenters. The van der Waals surface area contributed by atoms with Crippen LogP contribution in [0.1, 0.15) is 162 Å². The number of unbranched alkanes of at least 4 members (excludes halogenated alkanes) is 2. The summed E-state index contributed by atoms with van der Waals surface area (Å²) in [6, 6.07) is 11.5. The lowest BCUT2D eigenvalue weighted by Gasteiger charge is -2.33. The summed E-state index contributed by atoms with van der Waals surface area (Å²) in [6.07, 6.45) is 4.95. The topological polar surface area (TPSA) is 417 Å². The number of amides is 8. The molecule has 31 heteroatoms.